The average Bonchev–Trinajstić information content (AvgIpc) is 2.39. The minimum absolute atomic E-state index is 0.547. The van der Waals surface area contributed by atoms with E-state index < -0.39 is 5.60 Å². The number of aliphatic hydroxyl groups is 1. The van der Waals surface area contributed by atoms with Gasteiger partial charge in [0.05, 0.1) is 15.6 Å². The van der Waals surface area contributed by atoms with E-state index in [2.05, 4.69) is 4.98 Å². The first-order valence-electron chi connectivity index (χ1n) is 5.60. The van der Waals surface area contributed by atoms with Crippen LogP contribution in [-0.2, 0) is 5.60 Å². The number of thioether (sulfide) groups is 1. The lowest BCUT2D eigenvalue weighted by molar-refractivity contribution is 0.0839. The molecule has 94 valence electrons. The van der Waals surface area contributed by atoms with Crippen LogP contribution in [0.2, 0.25) is 5.02 Å². The van der Waals surface area contributed by atoms with Gasteiger partial charge in [-0.15, -0.1) is 11.8 Å². The van der Waals surface area contributed by atoms with Crippen LogP contribution in [0.15, 0.2) is 53.7 Å². The van der Waals surface area contributed by atoms with Gasteiger partial charge >= 0.3 is 0 Å². The van der Waals surface area contributed by atoms with Crippen molar-refractivity contribution in [1.29, 1.82) is 0 Å². The van der Waals surface area contributed by atoms with Crippen LogP contribution < -0.4 is 0 Å². The zero-order chi connectivity index (χ0) is 13.0. The Balaban J connectivity index is 2.03. The van der Waals surface area contributed by atoms with Gasteiger partial charge in [0.15, 0.2) is 0 Å². The summed E-state index contributed by atoms with van der Waals surface area (Å²) in [6.45, 7) is 1.81. The van der Waals surface area contributed by atoms with Crippen LogP contribution in [0.3, 0.4) is 0 Å². The molecule has 0 saturated carbocycles. The van der Waals surface area contributed by atoms with Crippen molar-refractivity contribution in [2.45, 2.75) is 17.6 Å². The van der Waals surface area contributed by atoms with Crippen molar-refractivity contribution >= 4 is 23.4 Å². The SMILES string of the molecule is CC(O)(CSc1ccc(Cl)cn1)c1ccccc1. The fourth-order valence-corrected chi connectivity index (χ4v) is 2.54. The second kappa shape index (κ2) is 5.74. The van der Waals surface area contributed by atoms with E-state index in [0.29, 0.717) is 10.8 Å². The second-order valence-electron chi connectivity index (χ2n) is 4.24. The van der Waals surface area contributed by atoms with Crippen molar-refractivity contribution in [1.82, 2.24) is 4.98 Å². The van der Waals surface area contributed by atoms with E-state index >= 15 is 0 Å². The van der Waals surface area contributed by atoms with E-state index in [1.807, 2.05) is 43.3 Å². The number of rotatable bonds is 4. The van der Waals surface area contributed by atoms with Crippen LogP contribution in [0.1, 0.15) is 12.5 Å². The quantitative estimate of drug-likeness (QED) is 0.866. The summed E-state index contributed by atoms with van der Waals surface area (Å²) in [4.78, 5) is 4.19. The number of aromatic nitrogens is 1. The molecule has 2 nitrogen and oxygen atoms in total. The molecule has 18 heavy (non-hydrogen) atoms. The first-order chi connectivity index (χ1) is 8.58. The van der Waals surface area contributed by atoms with Crippen LogP contribution >= 0.6 is 23.4 Å². The van der Waals surface area contributed by atoms with Crippen LogP contribution in [0, 0.1) is 0 Å². The Hall–Kier alpha value is -1.03. The molecule has 1 atom stereocenters. The number of pyridine rings is 1. The van der Waals surface area contributed by atoms with Gasteiger partial charge in [-0.3, -0.25) is 0 Å². The van der Waals surface area contributed by atoms with Gasteiger partial charge in [0.25, 0.3) is 0 Å². The number of halogens is 1. The topological polar surface area (TPSA) is 33.1 Å². The predicted molar refractivity (Wildman–Crippen MR) is 76.0 cm³/mol. The maximum Gasteiger partial charge on any atom is 0.0962 e. The minimum Gasteiger partial charge on any atom is -0.385 e. The molecule has 0 aliphatic rings. The molecule has 1 aromatic carbocycles. The van der Waals surface area contributed by atoms with Crippen molar-refractivity contribution in [2.24, 2.45) is 0 Å². The highest BCUT2D eigenvalue weighted by molar-refractivity contribution is 7.99. The van der Waals surface area contributed by atoms with Gasteiger partial charge in [-0.1, -0.05) is 41.9 Å². The van der Waals surface area contributed by atoms with E-state index in [4.69, 9.17) is 11.6 Å². The third kappa shape index (κ3) is 3.48. The van der Waals surface area contributed by atoms with Crippen LogP contribution in [0.5, 0.6) is 0 Å². The van der Waals surface area contributed by atoms with E-state index in [1.165, 1.54) is 11.8 Å². The van der Waals surface area contributed by atoms with Crippen molar-refractivity contribution in [3.8, 4) is 0 Å². The first-order valence-corrected chi connectivity index (χ1v) is 6.96. The number of hydrogen-bond donors (Lipinski definition) is 1. The summed E-state index contributed by atoms with van der Waals surface area (Å²) in [6.07, 6.45) is 1.61. The Morgan fingerprint density at radius 1 is 1.22 bits per heavy atom. The Labute approximate surface area is 116 Å². The largest absolute Gasteiger partial charge is 0.385 e. The zero-order valence-electron chi connectivity index (χ0n) is 10.0. The smallest absolute Gasteiger partial charge is 0.0962 e. The van der Waals surface area contributed by atoms with Gasteiger partial charge < -0.3 is 5.11 Å². The summed E-state index contributed by atoms with van der Waals surface area (Å²) < 4.78 is 0. The van der Waals surface area contributed by atoms with Gasteiger partial charge in [-0.05, 0) is 24.6 Å². The molecule has 1 N–H and O–H groups in total. The third-order valence-corrected chi connectivity index (χ3v) is 4.06. The monoisotopic (exact) mass is 279 g/mol. The minimum atomic E-state index is -0.868. The molecule has 0 aliphatic heterocycles. The van der Waals surface area contributed by atoms with E-state index in [9.17, 15) is 5.11 Å². The summed E-state index contributed by atoms with van der Waals surface area (Å²) >= 11 is 7.29. The molecule has 0 radical (unpaired) electrons. The van der Waals surface area contributed by atoms with Crippen molar-refractivity contribution in [2.75, 3.05) is 5.75 Å². The molecule has 0 amide bonds. The summed E-state index contributed by atoms with van der Waals surface area (Å²) in [5.41, 5.74) is 0.0409. The van der Waals surface area contributed by atoms with Gasteiger partial charge in [0.1, 0.15) is 0 Å². The highest BCUT2D eigenvalue weighted by Gasteiger charge is 2.23. The first kappa shape index (κ1) is 13.4. The van der Waals surface area contributed by atoms with Crippen molar-refractivity contribution in [3.05, 3.63) is 59.2 Å². The maximum atomic E-state index is 10.4. The Morgan fingerprint density at radius 3 is 2.56 bits per heavy atom. The lowest BCUT2D eigenvalue weighted by Crippen LogP contribution is -2.24. The Bertz CT molecular complexity index is 499. The van der Waals surface area contributed by atoms with Gasteiger partial charge in [0, 0.05) is 11.9 Å². The molecule has 1 unspecified atom stereocenters. The third-order valence-electron chi connectivity index (χ3n) is 2.60. The maximum absolute atomic E-state index is 10.4. The van der Waals surface area contributed by atoms with Crippen molar-refractivity contribution in [3.63, 3.8) is 0 Å². The zero-order valence-corrected chi connectivity index (χ0v) is 11.6. The number of nitrogens with zero attached hydrogens (tertiary/aromatic N) is 1. The summed E-state index contributed by atoms with van der Waals surface area (Å²) in [7, 11) is 0. The molecule has 2 rings (SSSR count). The Morgan fingerprint density at radius 2 is 1.94 bits per heavy atom. The molecule has 0 spiro atoms. The summed E-state index contributed by atoms with van der Waals surface area (Å²) in [6, 6.07) is 13.3. The fraction of sp³-hybridized carbons (Fsp3) is 0.214. The van der Waals surface area contributed by atoms with Crippen LogP contribution in [-0.4, -0.2) is 15.8 Å². The average molecular weight is 280 g/mol. The van der Waals surface area contributed by atoms with Crippen LogP contribution in [0.25, 0.3) is 0 Å². The predicted octanol–water partition coefficient (Wildman–Crippen LogP) is 3.73. The fourth-order valence-electron chi connectivity index (χ4n) is 1.54. The van der Waals surface area contributed by atoms with Crippen molar-refractivity contribution < 1.29 is 5.11 Å². The molecule has 1 aromatic heterocycles. The second-order valence-corrected chi connectivity index (χ2v) is 5.68. The molecule has 1 heterocycles. The molecule has 0 aliphatic carbocycles. The highest BCUT2D eigenvalue weighted by atomic mass is 35.5. The van der Waals surface area contributed by atoms with Gasteiger partial charge in [-0.2, -0.15) is 0 Å². The molecule has 0 fully saturated rings. The van der Waals surface area contributed by atoms with E-state index in [1.54, 1.807) is 12.3 Å². The van der Waals surface area contributed by atoms with Gasteiger partial charge in [-0.25, -0.2) is 4.98 Å². The molecule has 4 heteroatoms. The molecule has 2 aromatic rings. The molecule has 0 bridgehead atoms. The lowest BCUT2D eigenvalue weighted by atomic mass is 9.99. The molecular formula is C14H14ClNOS. The Kier molecular flexibility index (Phi) is 4.27. The lowest BCUT2D eigenvalue weighted by Gasteiger charge is -2.23. The van der Waals surface area contributed by atoms with E-state index in [0.717, 1.165) is 10.6 Å². The number of benzene rings is 1. The summed E-state index contributed by atoms with van der Waals surface area (Å²) in [5, 5.41) is 11.9. The number of hydrogen-bond acceptors (Lipinski definition) is 3. The molecule has 0 saturated heterocycles. The highest BCUT2D eigenvalue weighted by Crippen LogP contribution is 2.28. The summed E-state index contributed by atoms with van der Waals surface area (Å²) in [5.74, 6) is 0.547. The normalized spacial score (nSPS) is 14.2. The standard InChI is InChI=1S/C14H14ClNOS/c1-14(17,11-5-3-2-4-6-11)10-18-13-8-7-12(15)9-16-13/h2-9,17H,10H2,1H3. The molecular weight excluding hydrogens is 266 g/mol. The van der Waals surface area contributed by atoms with Gasteiger partial charge in [0.2, 0.25) is 0 Å². The van der Waals surface area contributed by atoms with E-state index in [-0.39, 0.29) is 0 Å². The van der Waals surface area contributed by atoms with Crippen LogP contribution in [0.4, 0.5) is 0 Å².